The number of fused-ring (bicyclic) bond motifs is 1. The van der Waals surface area contributed by atoms with E-state index >= 15 is 0 Å². The van der Waals surface area contributed by atoms with E-state index < -0.39 is 59.1 Å². The van der Waals surface area contributed by atoms with Gasteiger partial charge >= 0.3 is 6.03 Å². The fraction of sp³-hybridized carbons (Fsp3) is 0.786. The van der Waals surface area contributed by atoms with E-state index in [0.29, 0.717) is 13.0 Å². The summed E-state index contributed by atoms with van der Waals surface area (Å²) in [6.45, 7) is 14.9. The maximum atomic E-state index is 14.0. The number of rotatable bonds is 11. The molecular weight excluding hydrogens is 502 g/mol. The molecule has 1 saturated heterocycles. The zero-order valence-corrected chi connectivity index (χ0v) is 24.4. The van der Waals surface area contributed by atoms with Crippen molar-refractivity contribution < 1.29 is 28.8 Å². The lowest BCUT2D eigenvalue weighted by Gasteiger charge is -2.38. The second-order valence-corrected chi connectivity index (χ2v) is 13.6. The van der Waals surface area contributed by atoms with Crippen LogP contribution in [0.2, 0.25) is 0 Å². The number of piperidine rings is 1. The fourth-order valence-electron chi connectivity index (χ4n) is 6.03. The van der Waals surface area contributed by atoms with E-state index in [0.717, 1.165) is 12.8 Å². The van der Waals surface area contributed by atoms with Crippen molar-refractivity contribution in [2.24, 2.45) is 40.2 Å². The van der Waals surface area contributed by atoms with Crippen LogP contribution in [0.3, 0.4) is 0 Å². The highest BCUT2D eigenvalue weighted by atomic mass is 16.2. The molecule has 5 N–H and O–H groups in total. The molecule has 0 radical (unpaired) electrons. The number of nitrogens with two attached hydrogens (primary N) is 1. The summed E-state index contributed by atoms with van der Waals surface area (Å²) in [5, 5.41) is 8.16. The molecule has 11 nitrogen and oxygen atoms in total. The minimum Gasteiger partial charge on any atom is -0.363 e. The number of Topliss-reactive ketones (excluding diaryl/α,β-unsaturated/α-hetero) is 2. The zero-order valence-electron chi connectivity index (χ0n) is 24.4. The Bertz CT molecular complexity index is 1040. The SMILES string of the molecule is CC(=O)[C@@H](NC(=O)N[C@H](C(=O)N1C[C@H]2C([C@H]1C(=O)NC(CC1CC1)C(=O)C(N)=O)C2(C)C)C(C)(C)C)C(C)C. The van der Waals surface area contributed by atoms with Crippen molar-refractivity contribution in [2.75, 3.05) is 6.54 Å². The van der Waals surface area contributed by atoms with Crippen LogP contribution in [-0.2, 0) is 24.0 Å². The molecule has 2 unspecified atom stereocenters. The molecule has 11 heteroatoms. The topological polar surface area (TPSA) is 168 Å². The van der Waals surface area contributed by atoms with Gasteiger partial charge < -0.3 is 26.6 Å². The Morgan fingerprint density at radius 3 is 2.05 bits per heavy atom. The van der Waals surface area contributed by atoms with E-state index in [4.69, 9.17) is 5.73 Å². The van der Waals surface area contributed by atoms with Crippen LogP contribution in [0.25, 0.3) is 0 Å². The van der Waals surface area contributed by atoms with Crippen LogP contribution in [0.15, 0.2) is 0 Å². The Labute approximate surface area is 230 Å². The second-order valence-electron chi connectivity index (χ2n) is 13.6. The molecule has 3 aliphatic rings. The van der Waals surface area contributed by atoms with Gasteiger partial charge in [0.05, 0.1) is 12.1 Å². The summed E-state index contributed by atoms with van der Waals surface area (Å²) in [6, 6.07) is -4.20. The largest absolute Gasteiger partial charge is 0.363 e. The van der Waals surface area contributed by atoms with Gasteiger partial charge in [0.15, 0.2) is 5.78 Å². The second kappa shape index (κ2) is 10.9. The van der Waals surface area contributed by atoms with Gasteiger partial charge in [-0.3, -0.25) is 24.0 Å². The molecule has 3 fully saturated rings. The third-order valence-electron chi connectivity index (χ3n) is 8.68. The molecule has 3 rings (SSSR count). The molecule has 1 heterocycles. The molecular formula is C28H45N5O6. The minimum atomic E-state index is -1.10. The van der Waals surface area contributed by atoms with Crippen molar-refractivity contribution >= 4 is 35.3 Å². The molecule has 0 aromatic heterocycles. The average molecular weight is 548 g/mol. The van der Waals surface area contributed by atoms with E-state index in [2.05, 4.69) is 16.0 Å². The van der Waals surface area contributed by atoms with Crippen LogP contribution >= 0.6 is 0 Å². The number of hydrogen-bond donors (Lipinski definition) is 4. The summed E-state index contributed by atoms with van der Waals surface area (Å²) in [7, 11) is 0. The maximum Gasteiger partial charge on any atom is 0.316 e. The molecule has 0 spiro atoms. The number of likely N-dealkylation sites (tertiary alicyclic amines) is 1. The summed E-state index contributed by atoms with van der Waals surface area (Å²) in [4.78, 5) is 78.2. The number of hydrogen-bond acceptors (Lipinski definition) is 6. The van der Waals surface area contributed by atoms with Crippen LogP contribution < -0.4 is 21.7 Å². The highest BCUT2D eigenvalue weighted by Crippen LogP contribution is 2.65. The monoisotopic (exact) mass is 547 g/mol. The number of nitrogens with one attached hydrogen (secondary N) is 3. The van der Waals surface area contributed by atoms with Crippen LogP contribution in [0.1, 0.15) is 74.7 Å². The lowest BCUT2D eigenvalue weighted by Crippen LogP contribution is -2.62. The first-order valence-electron chi connectivity index (χ1n) is 13.9. The molecule has 1 aliphatic heterocycles. The Morgan fingerprint density at radius 1 is 1.00 bits per heavy atom. The smallest absolute Gasteiger partial charge is 0.316 e. The highest BCUT2D eigenvalue weighted by Gasteiger charge is 2.70. The van der Waals surface area contributed by atoms with E-state index in [1.54, 1.807) is 0 Å². The molecule has 218 valence electrons. The van der Waals surface area contributed by atoms with Crippen LogP contribution in [0.5, 0.6) is 0 Å². The van der Waals surface area contributed by atoms with E-state index in [-0.39, 0.29) is 34.9 Å². The standard InChI is InChI=1S/C28H45N5O6/c1-13(2)19(14(3)34)31-26(39)32-22(27(4,5)6)25(38)33-12-16-18(28(16,7)8)20(33)24(37)30-17(11-15-9-10-15)21(35)23(29)36/h13,15-20,22H,9-12H2,1-8H3,(H2,29,36)(H,30,37)(H2,31,32,39)/t16-,17?,18?,19-,20-,22+/m0/s1. The van der Waals surface area contributed by atoms with Crippen molar-refractivity contribution in [1.29, 1.82) is 0 Å². The van der Waals surface area contributed by atoms with Gasteiger partial charge in [-0.25, -0.2) is 4.79 Å². The first-order valence-corrected chi connectivity index (χ1v) is 13.9. The van der Waals surface area contributed by atoms with Crippen LogP contribution in [-0.4, -0.2) is 70.9 Å². The number of urea groups is 1. The number of primary amides is 1. The third kappa shape index (κ3) is 6.61. The lowest BCUT2D eigenvalue weighted by molar-refractivity contribution is -0.145. The zero-order chi connectivity index (χ0) is 29.6. The van der Waals surface area contributed by atoms with E-state index in [1.165, 1.54) is 11.8 Å². The summed E-state index contributed by atoms with van der Waals surface area (Å²) >= 11 is 0. The average Bonchev–Trinajstić information content (AvgIpc) is 3.65. The first kappa shape index (κ1) is 30.6. The quantitative estimate of drug-likeness (QED) is 0.283. The highest BCUT2D eigenvalue weighted by molar-refractivity contribution is 6.37. The van der Waals surface area contributed by atoms with Gasteiger partial charge in [-0.05, 0) is 47.8 Å². The van der Waals surface area contributed by atoms with Crippen LogP contribution in [0.4, 0.5) is 4.79 Å². The Hall–Kier alpha value is -2.98. The third-order valence-corrected chi connectivity index (χ3v) is 8.68. The maximum absolute atomic E-state index is 14.0. The number of amides is 5. The van der Waals surface area contributed by atoms with Gasteiger partial charge in [0.25, 0.3) is 5.91 Å². The van der Waals surface area contributed by atoms with Crippen molar-refractivity contribution in [2.45, 2.75) is 98.8 Å². The predicted molar refractivity (Wildman–Crippen MR) is 144 cm³/mol. The predicted octanol–water partition coefficient (Wildman–Crippen LogP) is 1.14. The summed E-state index contributed by atoms with van der Waals surface area (Å²) in [5.74, 6) is -2.95. The molecule has 2 aliphatic carbocycles. The Balaban J connectivity index is 1.82. The van der Waals surface area contributed by atoms with Crippen LogP contribution in [0, 0.1) is 34.5 Å². The molecule has 0 bridgehead atoms. The summed E-state index contributed by atoms with van der Waals surface area (Å²) < 4.78 is 0. The van der Waals surface area contributed by atoms with Gasteiger partial charge in [-0.1, -0.05) is 61.3 Å². The van der Waals surface area contributed by atoms with Crippen molar-refractivity contribution in [3.05, 3.63) is 0 Å². The molecule has 39 heavy (non-hydrogen) atoms. The minimum absolute atomic E-state index is 0.0865. The van der Waals surface area contributed by atoms with E-state index in [1.807, 2.05) is 48.5 Å². The van der Waals surface area contributed by atoms with Gasteiger partial charge in [0.2, 0.25) is 17.6 Å². The molecule has 0 aromatic carbocycles. The molecule has 6 atom stereocenters. The Kier molecular flexibility index (Phi) is 8.53. The van der Waals surface area contributed by atoms with Gasteiger partial charge in [0.1, 0.15) is 12.1 Å². The fourth-order valence-corrected chi connectivity index (χ4v) is 6.03. The number of nitrogens with zero attached hydrogens (tertiary/aromatic N) is 1. The first-order chi connectivity index (χ1) is 17.9. The van der Waals surface area contributed by atoms with Gasteiger partial charge in [-0.15, -0.1) is 0 Å². The number of ketones is 2. The molecule has 5 amide bonds. The van der Waals surface area contributed by atoms with Crippen molar-refractivity contribution in [1.82, 2.24) is 20.9 Å². The number of carbonyl (C=O) groups excluding carboxylic acids is 6. The van der Waals surface area contributed by atoms with Crippen molar-refractivity contribution in [3.8, 4) is 0 Å². The van der Waals surface area contributed by atoms with E-state index in [9.17, 15) is 28.8 Å². The van der Waals surface area contributed by atoms with Crippen molar-refractivity contribution in [3.63, 3.8) is 0 Å². The molecule has 0 aromatic rings. The normalized spacial score (nSPS) is 25.7. The summed E-state index contributed by atoms with van der Waals surface area (Å²) in [5.41, 5.74) is 4.37. The lowest BCUT2D eigenvalue weighted by atomic mass is 9.85. The van der Waals surface area contributed by atoms with Gasteiger partial charge in [0, 0.05) is 6.54 Å². The summed E-state index contributed by atoms with van der Waals surface area (Å²) in [6.07, 6.45) is 2.18. The molecule has 2 saturated carbocycles. The van der Waals surface area contributed by atoms with Gasteiger partial charge in [-0.2, -0.15) is 0 Å². The number of carbonyl (C=O) groups is 6. The Morgan fingerprint density at radius 2 is 1.59 bits per heavy atom.